The van der Waals surface area contributed by atoms with Gasteiger partial charge in [0.1, 0.15) is 0 Å². The van der Waals surface area contributed by atoms with E-state index in [1.165, 1.54) is 31.5 Å². The number of rotatable bonds is 7. The topological polar surface area (TPSA) is 33.7 Å². The molecule has 2 rings (SSSR count). The monoisotopic (exact) mass is 292 g/mol. The SMILES string of the molecule is CCOc1cccc(CNC2CCN(CC)CC2)c1OC. The van der Waals surface area contributed by atoms with Crippen molar-refractivity contribution in [1.82, 2.24) is 10.2 Å². The van der Waals surface area contributed by atoms with Crippen molar-refractivity contribution in [2.24, 2.45) is 0 Å². The zero-order valence-corrected chi connectivity index (χ0v) is 13.5. The average Bonchev–Trinajstić information content (AvgIpc) is 2.54. The number of piperidine rings is 1. The number of nitrogens with zero attached hydrogens (tertiary/aromatic N) is 1. The Morgan fingerprint density at radius 2 is 2.00 bits per heavy atom. The lowest BCUT2D eigenvalue weighted by atomic mass is 10.0. The first kappa shape index (κ1) is 16.1. The lowest BCUT2D eigenvalue weighted by Gasteiger charge is -2.31. The van der Waals surface area contributed by atoms with E-state index < -0.39 is 0 Å². The van der Waals surface area contributed by atoms with Crippen LogP contribution in [0.15, 0.2) is 18.2 Å². The van der Waals surface area contributed by atoms with Crippen LogP contribution in [0.3, 0.4) is 0 Å². The minimum atomic E-state index is 0.605. The zero-order valence-electron chi connectivity index (χ0n) is 13.5. The molecule has 4 nitrogen and oxygen atoms in total. The number of hydrogen-bond donors (Lipinski definition) is 1. The Balaban J connectivity index is 1.92. The summed E-state index contributed by atoms with van der Waals surface area (Å²) in [5.41, 5.74) is 1.17. The van der Waals surface area contributed by atoms with Gasteiger partial charge in [-0.05, 0) is 45.5 Å². The maximum Gasteiger partial charge on any atom is 0.165 e. The summed E-state index contributed by atoms with van der Waals surface area (Å²) in [5, 5.41) is 3.66. The summed E-state index contributed by atoms with van der Waals surface area (Å²) in [5.74, 6) is 1.69. The number of likely N-dealkylation sites (tertiary alicyclic amines) is 1. The third kappa shape index (κ3) is 4.35. The van der Waals surface area contributed by atoms with Crippen LogP contribution < -0.4 is 14.8 Å². The largest absolute Gasteiger partial charge is 0.493 e. The molecule has 0 radical (unpaired) electrons. The highest BCUT2D eigenvalue weighted by atomic mass is 16.5. The standard InChI is InChI=1S/C17H28N2O2/c1-4-19-11-9-15(10-12-19)18-13-14-7-6-8-16(21-5-2)17(14)20-3/h6-8,15,18H,4-5,9-13H2,1-3H3. The Labute approximate surface area is 128 Å². The second-order valence-electron chi connectivity index (χ2n) is 5.47. The molecule has 1 heterocycles. The van der Waals surface area contributed by atoms with E-state index in [0.717, 1.165) is 24.6 Å². The van der Waals surface area contributed by atoms with Gasteiger partial charge in [0.05, 0.1) is 13.7 Å². The van der Waals surface area contributed by atoms with Crippen molar-refractivity contribution in [3.05, 3.63) is 23.8 Å². The summed E-state index contributed by atoms with van der Waals surface area (Å²) >= 11 is 0. The molecule has 0 aliphatic carbocycles. The van der Waals surface area contributed by atoms with Crippen LogP contribution in [0.2, 0.25) is 0 Å². The second kappa shape index (κ2) is 8.25. The van der Waals surface area contributed by atoms with Gasteiger partial charge in [-0.3, -0.25) is 0 Å². The lowest BCUT2D eigenvalue weighted by Crippen LogP contribution is -2.42. The van der Waals surface area contributed by atoms with Gasteiger partial charge in [0.2, 0.25) is 0 Å². The first-order chi connectivity index (χ1) is 10.3. The van der Waals surface area contributed by atoms with Gasteiger partial charge in [0.15, 0.2) is 11.5 Å². The number of para-hydroxylation sites is 1. The highest BCUT2D eigenvalue weighted by molar-refractivity contribution is 5.46. The van der Waals surface area contributed by atoms with E-state index in [1.807, 2.05) is 19.1 Å². The van der Waals surface area contributed by atoms with Crippen LogP contribution in [-0.4, -0.2) is 44.3 Å². The molecule has 118 valence electrons. The molecule has 0 saturated carbocycles. The summed E-state index contributed by atoms with van der Waals surface area (Å²) < 4.78 is 11.2. The maximum absolute atomic E-state index is 5.63. The molecule has 0 spiro atoms. The lowest BCUT2D eigenvalue weighted by molar-refractivity contribution is 0.205. The van der Waals surface area contributed by atoms with E-state index in [0.29, 0.717) is 12.6 Å². The van der Waals surface area contributed by atoms with Gasteiger partial charge in [-0.2, -0.15) is 0 Å². The van der Waals surface area contributed by atoms with Crippen molar-refractivity contribution < 1.29 is 9.47 Å². The van der Waals surface area contributed by atoms with E-state index in [2.05, 4.69) is 23.2 Å². The quantitative estimate of drug-likeness (QED) is 0.838. The smallest absolute Gasteiger partial charge is 0.165 e. The predicted molar refractivity (Wildman–Crippen MR) is 86.1 cm³/mol. The van der Waals surface area contributed by atoms with Gasteiger partial charge in [-0.25, -0.2) is 0 Å². The van der Waals surface area contributed by atoms with Crippen LogP contribution in [0, 0.1) is 0 Å². The fourth-order valence-corrected chi connectivity index (χ4v) is 2.91. The van der Waals surface area contributed by atoms with Crippen molar-refractivity contribution in [3.63, 3.8) is 0 Å². The van der Waals surface area contributed by atoms with Crippen LogP contribution in [0.1, 0.15) is 32.3 Å². The van der Waals surface area contributed by atoms with Gasteiger partial charge in [-0.1, -0.05) is 19.1 Å². The molecule has 0 amide bonds. The summed E-state index contributed by atoms with van der Waals surface area (Å²) in [7, 11) is 1.71. The average molecular weight is 292 g/mol. The molecule has 1 aliphatic rings. The molecule has 0 bridgehead atoms. The summed E-state index contributed by atoms with van der Waals surface area (Å²) in [6, 6.07) is 6.71. The molecule has 1 aromatic rings. The third-order valence-electron chi connectivity index (χ3n) is 4.18. The van der Waals surface area contributed by atoms with Crippen LogP contribution in [0.25, 0.3) is 0 Å². The minimum absolute atomic E-state index is 0.605. The molecule has 0 atom stereocenters. The minimum Gasteiger partial charge on any atom is -0.493 e. The van der Waals surface area contributed by atoms with Gasteiger partial charge in [0, 0.05) is 18.2 Å². The highest BCUT2D eigenvalue weighted by Gasteiger charge is 2.18. The van der Waals surface area contributed by atoms with E-state index >= 15 is 0 Å². The van der Waals surface area contributed by atoms with Crippen LogP contribution in [0.5, 0.6) is 11.5 Å². The number of nitrogens with one attached hydrogen (secondary N) is 1. The first-order valence-electron chi connectivity index (χ1n) is 8.02. The molecule has 0 unspecified atom stereocenters. The number of hydrogen-bond acceptors (Lipinski definition) is 4. The van der Waals surface area contributed by atoms with Crippen molar-refractivity contribution in [2.75, 3.05) is 33.4 Å². The summed E-state index contributed by atoms with van der Waals surface area (Å²) in [4.78, 5) is 2.51. The van der Waals surface area contributed by atoms with E-state index in [4.69, 9.17) is 9.47 Å². The van der Waals surface area contributed by atoms with Gasteiger partial charge < -0.3 is 19.7 Å². The normalized spacial score (nSPS) is 16.9. The molecule has 4 heteroatoms. The molecule has 21 heavy (non-hydrogen) atoms. The maximum atomic E-state index is 5.63. The number of ether oxygens (including phenoxy) is 2. The number of benzene rings is 1. The number of methoxy groups -OCH3 is 1. The Bertz CT molecular complexity index is 429. The van der Waals surface area contributed by atoms with Crippen LogP contribution in [-0.2, 0) is 6.54 Å². The molecule has 0 aromatic heterocycles. The Morgan fingerprint density at radius 3 is 2.62 bits per heavy atom. The Hall–Kier alpha value is -1.26. The van der Waals surface area contributed by atoms with E-state index in [1.54, 1.807) is 7.11 Å². The molecule has 1 saturated heterocycles. The van der Waals surface area contributed by atoms with Crippen molar-refractivity contribution in [1.29, 1.82) is 0 Å². The molecular weight excluding hydrogens is 264 g/mol. The van der Waals surface area contributed by atoms with E-state index in [9.17, 15) is 0 Å². The van der Waals surface area contributed by atoms with Crippen LogP contribution in [0.4, 0.5) is 0 Å². The van der Waals surface area contributed by atoms with Crippen LogP contribution >= 0.6 is 0 Å². The van der Waals surface area contributed by atoms with Crippen molar-refractivity contribution in [2.45, 2.75) is 39.3 Å². The highest BCUT2D eigenvalue weighted by Crippen LogP contribution is 2.31. The fourth-order valence-electron chi connectivity index (χ4n) is 2.91. The Morgan fingerprint density at radius 1 is 1.24 bits per heavy atom. The van der Waals surface area contributed by atoms with Crippen molar-refractivity contribution >= 4 is 0 Å². The Kier molecular flexibility index (Phi) is 6.33. The van der Waals surface area contributed by atoms with Gasteiger partial charge in [-0.15, -0.1) is 0 Å². The second-order valence-corrected chi connectivity index (χ2v) is 5.47. The molecule has 1 aliphatic heterocycles. The van der Waals surface area contributed by atoms with Gasteiger partial charge in [0.25, 0.3) is 0 Å². The van der Waals surface area contributed by atoms with Gasteiger partial charge >= 0.3 is 0 Å². The summed E-state index contributed by atoms with van der Waals surface area (Å²) in [6.45, 7) is 9.28. The van der Waals surface area contributed by atoms with E-state index in [-0.39, 0.29) is 0 Å². The molecule has 1 N–H and O–H groups in total. The first-order valence-corrected chi connectivity index (χ1v) is 8.02. The molecular formula is C17H28N2O2. The molecule has 1 aromatic carbocycles. The van der Waals surface area contributed by atoms with Crippen molar-refractivity contribution in [3.8, 4) is 11.5 Å². The molecule has 1 fully saturated rings. The third-order valence-corrected chi connectivity index (χ3v) is 4.18. The zero-order chi connectivity index (χ0) is 15.1. The predicted octanol–water partition coefficient (Wildman–Crippen LogP) is 2.67. The fraction of sp³-hybridized carbons (Fsp3) is 0.647. The summed E-state index contributed by atoms with van der Waals surface area (Å²) in [6.07, 6.45) is 2.45.